The van der Waals surface area contributed by atoms with Gasteiger partial charge in [0.05, 0.1) is 12.6 Å². The smallest absolute Gasteiger partial charge is 0.346 e. The number of pyridine rings is 1. The molecule has 4 aromatic rings. The van der Waals surface area contributed by atoms with Crippen molar-refractivity contribution in [3.05, 3.63) is 77.5 Å². The zero-order valence-corrected chi connectivity index (χ0v) is 17.9. The molecule has 3 heterocycles. The predicted octanol–water partition coefficient (Wildman–Crippen LogP) is 4.51. The van der Waals surface area contributed by atoms with Crippen LogP contribution in [-0.2, 0) is 4.84 Å². The molecule has 0 unspecified atom stereocenters. The molecule has 0 saturated carbocycles. The van der Waals surface area contributed by atoms with E-state index in [1.54, 1.807) is 4.52 Å². The van der Waals surface area contributed by atoms with Gasteiger partial charge in [-0.3, -0.25) is 4.84 Å². The van der Waals surface area contributed by atoms with Crippen LogP contribution in [0.5, 0.6) is 0 Å². The van der Waals surface area contributed by atoms with Gasteiger partial charge in [-0.1, -0.05) is 42.0 Å². The van der Waals surface area contributed by atoms with E-state index in [1.807, 2.05) is 62.5 Å². The Balaban J connectivity index is 1.39. The van der Waals surface area contributed by atoms with Crippen LogP contribution in [0.1, 0.15) is 29.2 Å². The second-order valence-electron chi connectivity index (χ2n) is 8.02. The molecular weight excluding hydrogens is 404 g/mol. The topological polar surface area (TPSA) is 97.8 Å². The van der Waals surface area contributed by atoms with E-state index in [1.165, 1.54) is 10.6 Å². The van der Waals surface area contributed by atoms with Gasteiger partial charge < -0.3 is 11.1 Å². The number of fused-ring (bicyclic) bond motifs is 1. The number of nitrogens with one attached hydrogen (secondary N) is 1. The van der Waals surface area contributed by atoms with Crippen LogP contribution in [-0.4, -0.2) is 32.3 Å². The number of urea groups is 1. The van der Waals surface area contributed by atoms with Crippen molar-refractivity contribution in [1.82, 2.24) is 19.7 Å². The van der Waals surface area contributed by atoms with Crippen LogP contribution in [0.3, 0.4) is 0 Å². The molecule has 2 aromatic carbocycles. The summed E-state index contributed by atoms with van der Waals surface area (Å²) in [6, 6.07) is 17.6. The summed E-state index contributed by atoms with van der Waals surface area (Å²) < 4.78 is 1.65. The van der Waals surface area contributed by atoms with Crippen molar-refractivity contribution < 1.29 is 9.63 Å². The van der Waals surface area contributed by atoms with Crippen LogP contribution in [0.4, 0.5) is 16.4 Å². The molecule has 1 atom stereocenters. The van der Waals surface area contributed by atoms with E-state index >= 15 is 0 Å². The Hall–Kier alpha value is -3.91. The first-order valence-corrected chi connectivity index (χ1v) is 10.5. The predicted molar refractivity (Wildman–Crippen MR) is 123 cm³/mol. The molecule has 32 heavy (non-hydrogen) atoms. The van der Waals surface area contributed by atoms with Crippen LogP contribution < -0.4 is 11.1 Å². The van der Waals surface area contributed by atoms with Gasteiger partial charge in [0.2, 0.25) is 5.95 Å². The number of anilines is 2. The van der Waals surface area contributed by atoms with Crippen molar-refractivity contribution in [3.63, 3.8) is 0 Å². The van der Waals surface area contributed by atoms with Gasteiger partial charge in [0.15, 0.2) is 5.65 Å². The van der Waals surface area contributed by atoms with E-state index in [0.717, 1.165) is 34.4 Å². The third-order valence-corrected chi connectivity index (χ3v) is 5.73. The molecule has 0 bridgehead atoms. The molecule has 8 heteroatoms. The summed E-state index contributed by atoms with van der Waals surface area (Å²) >= 11 is 0. The second kappa shape index (κ2) is 7.97. The van der Waals surface area contributed by atoms with Crippen molar-refractivity contribution in [2.24, 2.45) is 0 Å². The number of carbonyl (C=O) groups is 1. The minimum Gasteiger partial charge on any atom is -0.366 e. The van der Waals surface area contributed by atoms with Gasteiger partial charge in [-0.15, -0.1) is 5.10 Å². The lowest BCUT2D eigenvalue weighted by Gasteiger charge is -2.24. The number of hydroxylamine groups is 2. The zero-order valence-electron chi connectivity index (χ0n) is 17.9. The molecule has 0 aliphatic carbocycles. The number of nitrogen functional groups attached to an aromatic ring is 1. The molecule has 5 rings (SSSR count). The molecule has 2 aromatic heterocycles. The lowest BCUT2D eigenvalue weighted by molar-refractivity contribution is -0.0829. The van der Waals surface area contributed by atoms with Gasteiger partial charge in [-0.05, 0) is 48.7 Å². The van der Waals surface area contributed by atoms with E-state index in [4.69, 9.17) is 10.6 Å². The first kappa shape index (κ1) is 20.0. The molecule has 8 nitrogen and oxygen atoms in total. The molecule has 2 amide bonds. The fourth-order valence-electron chi connectivity index (χ4n) is 3.94. The lowest BCUT2D eigenvalue weighted by atomic mass is 10.0. The Morgan fingerprint density at radius 3 is 2.69 bits per heavy atom. The summed E-state index contributed by atoms with van der Waals surface area (Å²) in [7, 11) is 0. The SMILES string of the molecule is Cc1ccc([C@@H]2CCON2C(=O)Nc2cc(-c3ccc4nc(N)nn4c3)ccc2C)cc1. The number of hydrogen-bond acceptors (Lipinski definition) is 5. The maximum absolute atomic E-state index is 13.1. The minimum atomic E-state index is -0.284. The third-order valence-electron chi connectivity index (χ3n) is 5.73. The van der Waals surface area contributed by atoms with Gasteiger partial charge in [0, 0.05) is 23.9 Å². The average Bonchev–Trinajstić information content (AvgIpc) is 3.41. The summed E-state index contributed by atoms with van der Waals surface area (Å²) in [4.78, 5) is 22.9. The number of amides is 2. The van der Waals surface area contributed by atoms with Crippen molar-refractivity contribution in [2.75, 3.05) is 17.7 Å². The molecule has 3 N–H and O–H groups in total. The molecule has 1 fully saturated rings. The highest BCUT2D eigenvalue weighted by Gasteiger charge is 2.32. The Morgan fingerprint density at radius 2 is 1.88 bits per heavy atom. The van der Waals surface area contributed by atoms with Crippen molar-refractivity contribution >= 4 is 23.3 Å². The van der Waals surface area contributed by atoms with Crippen LogP contribution in [0.15, 0.2) is 60.8 Å². The number of benzene rings is 2. The molecular formula is C24H24N6O2. The zero-order chi connectivity index (χ0) is 22.2. The van der Waals surface area contributed by atoms with E-state index < -0.39 is 0 Å². The van der Waals surface area contributed by atoms with Crippen LogP contribution >= 0.6 is 0 Å². The van der Waals surface area contributed by atoms with E-state index in [0.29, 0.717) is 12.3 Å². The molecule has 1 aliphatic rings. The highest BCUT2D eigenvalue weighted by atomic mass is 16.7. The second-order valence-corrected chi connectivity index (χ2v) is 8.02. The summed E-state index contributed by atoms with van der Waals surface area (Å²) in [5.41, 5.74) is 12.2. The van der Waals surface area contributed by atoms with Gasteiger partial charge in [-0.25, -0.2) is 9.31 Å². The Bertz CT molecular complexity index is 1300. The largest absolute Gasteiger partial charge is 0.366 e. The molecule has 0 spiro atoms. The highest BCUT2D eigenvalue weighted by Crippen LogP contribution is 2.32. The monoisotopic (exact) mass is 428 g/mol. The van der Waals surface area contributed by atoms with Crippen molar-refractivity contribution in [3.8, 4) is 11.1 Å². The van der Waals surface area contributed by atoms with E-state index in [2.05, 4.69) is 27.5 Å². The highest BCUT2D eigenvalue weighted by molar-refractivity contribution is 5.91. The van der Waals surface area contributed by atoms with Crippen LogP contribution in [0.2, 0.25) is 0 Å². The summed E-state index contributed by atoms with van der Waals surface area (Å²) in [5, 5.41) is 8.64. The molecule has 1 saturated heterocycles. The fraction of sp³-hybridized carbons (Fsp3) is 0.208. The van der Waals surface area contributed by atoms with E-state index in [9.17, 15) is 4.79 Å². The van der Waals surface area contributed by atoms with Crippen LogP contribution in [0.25, 0.3) is 16.8 Å². The van der Waals surface area contributed by atoms with Gasteiger partial charge >= 0.3 is 6.03 Å². The summed E-state index contributed by atoms with van der Waals surface area (Å²) in [5.74, 6) is 0.229. The summed E-state index contributed by atoms with van der Waals surface area (Å²) in [6.07, 6.45) is 2.63. The molecule has 1 aliphatic heterocycles. The first-order valence-electron chi connectivity index (χ1n) is 10.5. The summed E-state index contributed by atoms with van der Waals surface area (Å²) in [6.45, 7) is 4.51. The number of aromatic nitrogens is 3. The Labute approximate surface area is 185 Å². The minimum absolute atomic E-state index is 0.112. The van der Waals surface area contributed by atoms with Crippen molar-refractivity contribution in [2.45, 2.75) is 26.3 Å². The number of nitrogens with zero attached hydrogens (tertiary/aromatic N) is 4. The Kier molecular flexibility index (Phi) is 4.99. The number of rotatable bonds is 3. The van der Waals surface area contributed by atoms with Gasteiger partial charge in [0.1, 0.15) is 0 Å². The van der Waals surface area contributed by atoms with Gasteiger partial charge in [-0.2, -0.15) is 10.0 Å². The fourth-order valence-corrected chi connectivity index (χ4v) is 3.94. The normalized spacial score (nSPS) is 15.9. The molecule has 0 radical (unpaired) electrons. The number of aryl methyl sites for hydroxylation is 2. The lowest BCUT2D eigenvalue weighted by Crippen LogP contribution is -2.33. The van der Waals surface area contributed by atoms with Crippen molar-refractivity contribution in [1.29, 1.82) is 0 Å². The third kappa shape index (κ3) is 3.76. The number of nitrogens with two attached hydrogens (primary N) is 1. The number of carbonyl (C=O) groups excluding carboxylic acids is 1. The molecule has 162 valence electrons. The first-order chi connectivity index (χ1) is 15.5. The quantitative estimate of drug-likeness (QED) is 0.500. The Morgan fingerprint density at radius 1 is 1.09 bits per heavy atom. The standard InChI is InChI=1S/C24H24N6O2/c1-15-3-6-17(7-4-15)21-11-12-32-30(21)24(31)26-20-13-18(8-5-16(20)2)19-9-10-22-27-23(25)28-29(22)14-19/h3-10,13-14,21H,11-12H2,1-2H3,(H2,25,28)(H,26,31)/t21-/m0/s1. The van der Waals surface area contributed by atoms with E-state index in [-0.39, 0.29) is 18.0 Å². The number of hydrogen-bond donors (Lipinski definition) is 2. The average molecular weight is 428 g/mol. The van der Waals surface area contributed by atoms with Gasteiger partial charge in [0.25, 0.3) is 0 Å². The van der Waals surface area contributed by atoms with Crippen LogP contribution in [0, 0.1) is 13.8 Å². The maximum atomic E-state index is 13.1. The maximum Gasteiger partial charge on any atom is 0.346 e.